The smallest absolute Gasteiger partial charge is 0.274 e. The number of imidazole rings is 1. The summed E-state index contributed by atoms with van der Waals surface area (Å²) in [7, 11) is 0. The first-order valence-electron chi connectivity index (χ1n) is 10.7. The summed E-state index contributed by atoms with van der Waals surface area (Å²) >= 11 is 1.59. The van der Waals surface area contributed by atoms with E-state index in [9.17, 15) is 4.79 Å². The number of hydrogen-bond donors (Lipinski definition) is 0. The number of thiazole rings is 1. The van der Waals surface area contributed by atoms with E-state index in [0.29, 0.717) is 12.2 Å². The number of nitrogens with zero attached hydrogens (tertiary/aromatic N) is 6. The molecule has 1 aliphatic rings. The van der Waals surface area contributed by atoms with Gasteiger partial charge in [0, 0.05) is 50.1 Å². The van der Waals surface area contributed by atoms with E-state index in [4.69, 9.17) is 4.98 Å². The lowest BCUT2D eigenvalue weighted by molar-refractivity contribution is 0.0734. The molecule has 0 aromatic carbocycles. The number of amides is 1. The van der Waals surface area contributed by atoms with Crippen LogP contribution in [0, 0.1) is 0 Å². The molecule has 1 saturated heterocycles. The predicted molar refractivity (Wildman–Crippen MR) is 115 cm³/mol. The van der Waals surface area contributed by atoms with Crippen molar-refractivity contribution in [2.24, 2.45) is 0 Å². The van der Waals surface area contributed by atoms with Gasteiger partial charge in [0.05, 0.1) is 12.2 Å². The van der Waals surface area contributed by atoms with Gasteiger partial charge in [0.15, 0.2) is 10.7 Å². The predicted octanol–water partition coefficient (Wildman–Crippen LogP) is 3.52. The maximum Gasteiger partial charge on any atom is 0.274 e. The zero-order valence-corrected chi connectivity index (χ0v) is 18.0. The summed E-state index contributed by atoms with van der Waals surface area (Å²) in [5.41, 5.74) is 1.64. The van der Waals surface area contributed by atoms with Crippen LogP contribution in [0.15, 0.2) is 30.0 Å². The van der Waals surface area contributed by atoms with E-state index < -0.39 is 0 Å². The Balaban J connectivity index is 1.54. The Morgan fingerprint density at radius 2 is 1.97 bits per heavy atom. The summed E-state index contributed by atoms with van der Waals surface area (Å²) in [5, 5.41) is 6.34. The van der Waals surface area contributed by atoms with Crippen LogP contribution in [0.1, 0.15) is 55.2 Å². The fourth-order valence-corrected chi connectivity index (χ4v) is 4.73. The van der Waals surface area contributed by atoms with E-state index in [-0.39, 0.29) is 5.91 Å². The number of carbonyl (C=O) groups is 1. The van der Waals surface area contributed by atoms with Gasteiger partial charge in [-0.15, -0.1) is 11.3 Å². The monoisotopic (exact) mass is 414 g/mol. The molecule has 7 nitrogen and oxygen atoms in total. The number of carbonyl (C=O) groups excluding carboxylic acids is 1. The molecule has 3 aromatic rings. The van der Waals surface area contributed by atoms with Crippen molar-refractivity contribution in [3.8, 4) is 0 Å². The van der Waals surface area contributed by atoms with Gasteiger partial charge in [-0.3, -0.25) is 18.8 Å². The molecule has 3 aromatic heterocycles. The average Bonchev–Trinajstić information content (AvgIpc) is 3.43. The third-order valence-corrected chi connectivity index (χ3v) is 6.49. The minimum Gasteiger partial charge on any atom is -0.337 e. The Hall–Kier alpha value is -2.19. The molecule has 156 valence electrons. The van der Waals surface area contributed by atoms with Gasteiger partial charge in [0.1, 0.15) is 0 Å². The van der Waals surface area contributed by atoms with Gasteiger partial charge in [0.25, 0.3) is 5.91 Å². The fourth-order valence-electron chi connectivity index (χ4n) is 3.99. The molecule has 0 aliphatic carbocycles. The van der Waals surface area contributed by atoms with Crippen LogP contribution in [0.5, 0.6) is 0 Å². The van der Waals surface area contributed by atoms with Crippen molar-refractivity contribution >= 4 is 22.2 Å². The molecule has 8 heteroatoms. The van der Waals surface area contributed by atoms with Crippen molar-refractivity contribution in [2.45, 2.75) is 52.1 Å². The Bertz CT molecular complexity index is 907. The molecule has 0 unspecified atom stereocenters. The van der Waals surface area contributed by atoms with Crippen molar-refractivity contribution in [3.63, 3.8) is 0 Å². The number of rotatable bonds is 7. The van der Waals surface area contributed by atoms with Gasteiger partial charge >= 0.3 is 0 Å². The maximum absolute atomic E-state index is 13.4. The van der Waals surface area contributed by atoms with Gasteiger partial charge in [-0.25, -0.2) is 4.98 Å². The molecule has 0 atom stereocenters. The second kappa shape index (κ2) is 9.54. The molecule has 0 radical (unpaired) electrons. The van der Waals surface area contributed by atoms with Crippen molar-refractivity contribution in [1.29, 1.82) is 0 Å². The minimum atomic E-state index is 0.0981. The topological polar surface area (TPSA) is 58.7 Å². The first kappa shape index (κ1) is 20.1. The first-order chi connectivity index (χ1) is 14.3. The summed E-state index contributed by atoms with van der Waals surface area (Å²) < 4.78 is 4.05. The number of aromatic nitrogens is 4. The highest BCUT2D eigenvalue weighted by molar-refractivity contribution is 7.15. The second-order valence-electron chi connectivity index (χ2n) is 7.66. The fraction of sp³-hybridized carbons (Fsp3) is 0.571. The Labute approximate surface area is 175 Å². The number of fused-ring (bicyclic) bond motifs is 1. The van der Waals surface area contributed by atoms with Crippen LogP contribution < -0.4 is 0 Å². The van der Waals surface area contributed by atoms with Crippen LogP contribution in [0.2, 0.25) is 0 Å². The van der Waals surface area contributed by atoms with E-state index in [0.717, 1.165) is 56.2 Å². The molecular weight excluding hydrogens is 384 g/mol. The summed E-state index contributed by atoms with van der Waals surface area (Å²) in [6.45, 7) is 7.20. The summed E-state index contributed by atoms with van der Waals surface area (Å²) in [6.07, 6.45) is 11.7. The normalized spacial score (nSPS) is 15.7. The number of likely N-dealkylation sites (tertiary alicyclic amines) is 1. The van der Waals surface area contributed by atoms with Crippen LogP contribution >= 0.6 is 11.3 Å². The molecular formula is C21H30N6OS. The van der Waals surface area contributed by atoms with E-state index in [1.165, 1.54) is 19.3 Å². The summed E-state index contributed by atoms with van der Waals surface area (Å²) in [4.78, 5) is 23.4. The standard InChI is InChI=1S/C21H30N6OS/c1-2-24(13-14-26-12-8-9-22-26)17-18-19(23-21-27(18)15-16-29-21)20(28)25-10-6-4-3-5-7-11-25/h8-9,12,15-16H,2-7,10-11,13-14,17H2,1H3. The highest BCUT2D eigenvalue weighted by atomic mass is 32.1. The van der Waals surface area contributed by atoms with E-state index in [2.05, 4.69) is 21.3 Å². The maximum atomic E-state index is 13.4. The van der Waals surface area contributed by atoms with Crippen LogP contribution in [-0.2, 0) is 13.1 Å². The van der Waals surface area contributed by atoms with E-state index >= 15 is 0 Å². The molecule has 1 amide bonds. The van der Waals surface area contributed by atoms with Crippen LogP contribution in [0.3, 0.4) is 0 Å². The lowest BCUT2D eigenvalue weighted by Gasteiger charge is -2.25. The van der Waals surface area contributed by atoms with Gasteiger partial charge in [-0.05, 0) is 25.5 Å². The van der Waals surface area contributed by atoms with E-state index in [1.807, 2.05) is 39.6 Å². The SMILES string of the molecule is CCN(CCn1cccn1)Cc1c(C(=O)N2CCCCCCC2)nc2sccn12. The molecule has 4 rings (SSSR count). The van der Waals surface area contributed by atoms with Crippen molar-refractivity contribution in [1.82, 2.24) is 29.0 Å². The van der Waals surface area contributed by atoms with Crippen LogP contribution in [-0.4, -0.2) is 61.1 Å². The highest BCUT2D eigenvalue weighted by Crippen LogP contribution is 2.22. The molecule has 0 bridgehead atoms. The Morgan fingerprint density at radius 1 is 1.17 bits per heavy atom. The Kier molecular flexibility index (Phi) is 6.61. The molecule has 4 heterocycles. The van der Waals surface area contributed by atoms with Crippen molar-refractivity contribution in [3.05, 3.63) is 41.4 Å². The van der Waals surface area contributed by atoms with Gasteiger partial charge in [0.2, 0.25) is 0 Å². The number of hydrogen-bond acceptors (Lipinski definition) is 5. The van der Waals surface area contributed by atoms with Gasteiger partial charge in [-0.1, -0.05) is 26.2 Å². The quantitative estimate of drug-likeness (QED) is 0.594. The minimum absolute atomic E-state index is 0.0981. The molecule has 29 heavy (non-hydrogen) atoms. The second-order valence-corrected chi connectivity index (χ2v) is 8.53. The largest absolute Gasteiger partial charge is 0.337 e. The molecule has 0 saturated carbocycles. The molecule has 1 aliphatic heterocycles. The van der Waals surface area contributed by atoms with Crippen LogP contribution in [0.25, 0.3) is 4.96 Å². The van der Waals surface area contributed by atoms with Crippen molar-refractivity contribution < 1.29 is 4.79 Å². The Morgan fingerprint density at radius 3 is 2.69 bits per heavy atom. The average molecular weight is 415 g/mol. The zero-order chi connectivity index (χ0) is 20.1. The molecule has 0 N–H and O–H groups in total. The van der Waals surface area contributed by atoms with E-state index in [1.54, 1.807) is 11.3 Å². The lowest BCUT2D eigenvalue weighted by atomic mass is 10.1. The third kappa shape index (κ3) is 4.70. The zero-order valence-electron chi connectivity index (χ0n) is 17.2. The first-order valence-corrected chi connectivity index (χ1v) is 11.6. The molecule has 0 spiro atoms. The van der Waals surface area contributed by atoms with Gasteiger partial charge in [-0.2, -0.15) is 5.10 Å². The summed E-state index contributed by atoms with van der Waals surface area (Å²) in [6, 6.07) is 1.95. The van der Waals surface area contributed by atoms with Gasteiger partial charge < -0.3 is 4.90 Å². The highest BCUT2D eigenvalue weighted by Gasteiger charge is 2.25. The van der Waals surface area contributed by atoms with Crippen LogP contribution in [0.4, 0.5) is 0 Å². The van der Waals surface area contributed by atoms with Crippen molar-refractivity contribution in [2.75, 3.05) is 26.2 Å². The summed E-state index contributed by atoms with van der Waals surface area (Å²) in [5.74, 6) is 0.0981. The molecule has 1 fully saturated rings. The number of likely N-dealkylation sites (N-methyl/N-ethyl adjacent to an activating group) is 1. The lowest BCUT2D eigenvalue weighted by Crippen LogP contribution is -2.35. The third-order valence-electron chi connectivity index (χ3n) is 5.73.